The number of nitrogens with zero attached hydrogens (tertiary/aromatic N) is 2. The zero-order chi connectivity index (χ0) is 14.8. The summed E-state index contributed by atoms with van der Waals surface area (Å²) >= 11 is 3.48. The molecule has 0 amide bonds. The van der Waals surface area contributed by atoms with Crippen LogP contribution in [0.15, 0.2) is 41.0 Å². The molecule has 0 saturated heterocycles. The number of benzene rings is 1. The van der Waals surface area contributed by atoms with E-state index in [1.807, 2.05) is 11.9 Å². The van der Waals surface area contributed by atoms with Crippen molar-refractivity contribution in [1.82, 2.24) is 10.3 Å². The van der Waals surface area contributed by atoms with Crippen LogP contribution in [0, 0.1) is 5.82 Å². The van der Waals surface area contributed by atoms with E-state index in [0.717, 1.165) is 28.1 Å². The predicted octanol–water partition coefficient (Wildman–Crippen LogP) is 4.00. The van der Waals surface area contributed by atoms with Crippen LogP contribution in [0.5, 0.6) is 0 Å². The highest BCUT2D eigenvalue weighted by Gasteiger charge is 2.21. The molecule has 1 aromatic heterocycles. The van der Waals surface area contributed by atoms with Crippen molar-refractivity contribution in [3.63, 3.8) is 0 Å². The fourth-order valence-electron chi connectivity index (χ4n) is 2.23. The van der Waals surface area contributed by atoms with E-state index in [2.05, 4.69) is 32.3 Å². The molecule has 2 aromatic rings. The second-order valence-corrected chi connectivity index (χ2v) is 6.24. The van der Waals surface area contributed by atoms with Gasteiger partial charge in [0, 0.05) is 41.6 Å². The third kappa shape index (κ3) is 3.60. The lowest BCUT2D eigenvalue weighted by atomic mass is 10.2. The first kappa shape index (κ1) is 14.5. The lowest BCUT2D eigenvalue weighted by molar-refractivity contribution is 0.628. The quantitative estimate of drug-likeness (QED) is 0.883. The number of hydrogen-bond donors (Lipinski definition) is 1. The Hall–Kier alpha value is -1.46. The second-order valence-electron chi connectivity index (χ2n) is 5.33. The van der Waals surface area contributed by atoms with Crippen molar-refractivity contribution in [1.29, 1.82) is 0 Å². The molecule has 0 bridgehead atoms. The lowest BCUT2D eigenvalue weighted by Crippen LogP contribution is -2.20. The zero-order valence-corrected chi connectivity index (χ0v) is 13.4. The van der Waals surface area contributed by atoms with Crippen molar-refractivity contribution in [2.24, 2.45) is 0 Å². The van der Waals surface area contributed by atoms with E-state index in [0.29, 0.717) is 6.04 Å². The highest BCUT2D eigenvalue weighted by atomic mass is 79.9. The largest absolute Gasteiger partial charge is 0.329 e. The molecular weight excluding hydrogens is 333 g/mol. The maximum atomic E-state index is 13.1. The van der Waals surface area contributed by atoms with Gasteiger partial charge < -0.3 is 10.2 Å². The average molecular weight is 350 g/mol. The number of aromatic nitrogens is 1. The van der Waals surface area contributed by atoms with Gasteiger partial charge in [0.2, 0.25) is 0 Å². The lowest BCUT2D eigenvalue weighted by Gasteiger charge is -2.22. The molecule has 1 saturated carbocycles. The van der Waals surface area contributed by atoms with Crippen molar-refractivity contribution < 1.29 is 4.39 Å². The molecule has 0 unspecified atom stereocenters. The van der Waals surface area contributed by atoms with E-state index < -0.39 is 0 Å². The Morgan fingerprint density at radius 1 is 1.33 bits per heavy atom. The van der Waals surface area contributed by atoms with Gasteiger partial charge in [-0.15, -0.1) is 0 Å². The summed E-state index contributed by atoms with van der Waals surface area (Å²) in [6.07, 6.45) is 4.30. The topological polar surface area (TPSA) is 28.2 Å². The molecule has 0 spiro atoms. The van der Waals surface area contributed by atoms with Gasteiger partial charge in [-0.3, -0.25) is 0 Å². The Morgan fingerprint density at radius 2 is 2.05 bits per heavy atom. The molecule has 1 fully saturated rings. The highest BCUT2D eigenvalue weighted by Crippen LogP contribution is 2.28. The van der Waals surface area contributed by atoms with Gasteiger partial charge in [-0.1, -0.05) is 0 Å². The molecule has 3 rings (SSSR count). The van der Waals surface area contributed by atoms with Gasteiger partial charge in [0.25, 0.3) is 0 Å². The maximum absolute atomic E-state index is 13.1. The predicted molar refractivity (Wildman–Crippen MR) is 86.3 cm³/mol. The Labute approximate surface area is 132 Å². The molecule has 21 heavy (non-hydrogen) atoms. The molecule has 0 atom stereocenters. The van der Waals surface area contributed by atoms with E-state index in [1.54, 1.807) is 18.3 Å². The van der Waals surface area contributed by atoms with E-state index in [9.17, 15) is 4.39 Å². The minimum atomic E-state index is -0.230. The molecular formula is C16H17BrFN3. The fraction of sp³-hybridized carbons (Fsp3) is 0.312. The summed E-state index contributed by atoms with van der Waals surface area (Å²) in [6, 6.07) is 9.18. The fourth-order valence-corrected chi connectivity index (χ4v) is 2.61. The first-order valence-electron chi connectivity index (χ1n) is 7.00. The Kier molecular flexibility index (Phi) is 4.22. The van der Waals surface area contributed by atoms with Gasteiger partial charge in [0.15, 0.2) is 0 Å². The molecule has 1 N–H and O–H groups in total. The summed E-state index contributed by atoms with van der Waals surface area (Å²) in [5, 5.41) is 3.51. The van der Waals surface area contributed by atoms with Gasteiger partial charge in [0.05, 0.1) is 0 Å². The van der Waals surface area contributed by atoms with E-state index >= 15 is 0 Å². The molecule has 1 aromatic carbocycles. The minimum Gasteiger partial charge on any atom is -0.329 e. The Morgan fingerprint density at radius 3 is 2.71 bits per heavy atom. The van der Waals surface area contributed by atoms with Gasteiger partial charge in [0.1, 0.15) is 11.6 Å². The summed E-state index contributed by atoms with van der Waals surface area (Å²) in [5.41, 5.74) is 2.04. The number of hydrogen-bond acceptors (Lipinski definition) is 3. The standard InChI is InChI=1S/C16H17BrFN3/c1-21(15-6-2-13(18)3-7-15)16-11(8-12(17)10-20-16)9-19-14-4-5-14/h2-3,6-8,10,14,19H,4-5,9H2,1H3. The second kappa shape index (κ2) is 6.12. The molecule has 110 valence electrons. The van der Waals surface area contributed by atoms with Gasteiger partial charge in [-0.25, -0.2) is 9.37 Å². The number of nitrogens with one attached hydrogen (secondary N) is 1. The molecule has 5 heteroatoms. The third-order valence-electron chi connectivity index (χ3n) is 3.60. The van der Waals surface area contributed by atoms with Crippen molar-refractivity contribution in [3.05, 3.63) is 52.4 Å². The summed E-state index contributed by atoms with van der Waals surface area (Å²) < 4.78 is 14.0. The van der Waals surface area contributed by atoms with Crippen LogP contribution in [0.1, 0.15) is 18.4 Å². The van der Waals surface area contributed by atoms with Gasteiger partial charge in [-0.05, 0) is 59.1 Å². The smallest absolute Gasteiger partial charge is 0.137 e. The minimum absolute atomic E-state index is 0.230. The Balaban J connectivity index is 1.86. The van der Waals surface area contributed by atoms with Gasteiger partial charge >= 0.3 is 0 Å². The molecule has 1 aliphatic carbocycles. The number of pyridine rings is 1. The highest BCUT2D eigenvalue weighted by molar-refractivity contribution is 9.10. The molecule has 1 aliphatic rings. The average Bonchev–Trinajstić information content (AvgIpc) is 3.29. The SMILES string of the molecule is CN(c1ccc(F)cc1)c1ncc(Br)cc1CNC1CC1. The molecule has 1 heterocycles. The molecule has 0 radical (unpaired) electrons. The van der Waals surface area contributed by atoms with E-state index in [1.165, 1.54) is 25.0 Å². The van der Waals surface area contributed by atoms with E-state index in [-0.39, 0.29) is 5.82 Å². The zero-order valence-electron chi connectivity index (χ0n) is 11.8. The number of rotatable bonds is 5. The Bertz CT molecular complexity index is 626. The third-order valence-corrected chi connectivity index (χ3v) is 4.03. The number of halogens is 2. The molecule has 0 aliphatic heterocycles. The van der Waals surface area contributed by atoms with Crippen molar-refractivity contribution in [3.8, 4) is 0 Å². The first-order chi connectivity index (χ1) is 10.1. The van der Waals surface area contributed by atoms with Crippen LogP contribution in [0.4, 0.5) is 15.9 Å². The van der Waals surface area contributed by atoms with Crippen LogP contribution < -0.4 is 10.2 Å². The summed E-state index contributed by atoms with van der Waals surface area (Å²) in [6.45, 7) is 0.790. The summed E-state index contributed by atoms with van der Waals surface area (Å²) in [4.78, 5) is 6.50. The monoisotopic (exact) mass is 349 g/mol. The van der Waals surface area contributed by atoms with Crippen molar-refractivity contribution in [2.75, 3.05) is 11.9 Å². The van der Waals surface area contributed by atoms with Crippen molar-refractivity contribution >= 4 is 27.4 Å². The van der Waals surface area contributed by atoms with Crippen LogP contribution in [0.25, 0.3) is 0 Å². The summed E-state index contributed by atoms with van der Waals surface area (Å²) in [5.74, 6) is 0.657. The molecule has 3 nitrogen and oxygen atoms in total. The number of anilines is 2. The summed E-state index contributed by atoms with van der Waals surface area (Å²) in [7, 11) is 1.95. The normalized spacial score (nSPS) is 14.2. The van der Waals surface area contributed by atoms with Crippen molar-refractivity contribution in [2.45, 2.75) is 25.4 Å². The van der Waals surface area contributed by atoms with Crippen LogP contribution in [-0.4, -0.2) is 18.1 Å². The van der Waals surface area contributed by atoms with Crippen LogP contribution >= 0.6 is 15.9 Å². The van der Waals surface area contributed by atoms with Crippen LogP contribution in [0.2, 0.25) is 0 Å². The maximum Gasteiger partial charge on any atom is 0.137 e. The first-order valence-corrected chi connectivity index (χ1v) is 7.80. The van der Waals surface area contributed by atoms with Crippen LogP contribution in [0.3, 0.4) is 0 Å². The van der Waals surface area contributed by atoms with Crippen LogP contribution in [-0.2, 0) is 6.54 Å². The van der Waals surface area contributed by atoms with Gasteiger partial charge in [-0.2, -0.15) is 0 Å². The van der Waals surface area contributed by atoms with E-state index in [4.69, 9.17) is 0 Å².